The van der Waals surface area contributed by atoms with Gasteiger partial charge in [0, 0.05) is 23.3 Å². The lowest BCUT2D eigenvalue weighted by Crippen LogP contribution is -2.48. The minimum Gasteiger partial charge on any atom is -0.418 e. The van der Waals surface area contributed by atoms with Crippen LogP contribution in [0.2, 0.25) is 0 Å². The SMILES string of the molecule is Cc1ccc(CN[n+]2c(-c3ccccc3)cc(-c3ccccc3)cc2-c2ccccc2)cc1.F[B-](F)(F)F. The Hall–Kier alpha value is -4.39. The van der Waals surface area contributed by atoms with E-state index in [0.717, 1.165) is 17.9 Å². The van der Waals surface area contributed by atoms with Crippen molar-refractivity contribution >= 4 is 7.25 Å². The fraction of sp³-hybridized carbons (Fsp3) is 0.0645. The minimum atomic E-state index is -6.00. The molecule has 0 aliphatic carbocycles. The quantitative estimate of drug-likeness (QED) is 0.137. The van der Waals surface area contributed by atoms with E-state index in [1.807, 2.05) is 0 Å². The first-order chi connectivity index (χ1) is 18.3. The van der Waals surface area contributed by atoms with Gasteiger partial charge in [0.2, 0.25) is 11.4 Å². The molecule has 0 unspecified atom stereocenters. The Labute approximate surface area is 220 Å². The first-order valence-electron chi connectivity index (χ1n) is 12.2. The van der Waals surface area contributed by atoms with E-state index in [0.29, 0.717) is 0 Å². The van der Waals surface area contributed by atoms with Crippen LogP contribution < -0.4 is 10.1 Å². The fourth-order valence-electron chi connectivity index (χ4n) is 4.08. The molecule has 5 aromatic rings. The van der Waals surface area contributed by atoms with Crippen LogP contribution in [0, 0.1) is 6.92 Å². The number of nitrogens with zero attached hydrogens (tertiary/aromatic N) is 1. The van der Waals surface area contributed by atoms with Crippen molar-refractivity contribution in [1.82, 2.24) is 0 Å². The maximum Gasteiger partial charge on any atom is 0.673 e. The van der Waals surface area contributed by atoms with Gasteiger partial charge in [0.05, 0.1) is 6.54 Å². The van der Waals surface area contributed by atoms with Gasteiger partial charge in [-0.25, -0.2) is 0 Å². The van der Waals surface area contributed by atoms with Crippen LogP contribution in [0.3, 0.4) is 0 Å². The van der Waals surface area contributed by atoms with E-state index in [1.54, 1.807) is 0 Å². The van der Waals surface area contributed by atoms with Crippen LogP contribution in [-0.2, 0) is 6.54 Å². The van der Waals surface area contributed by atoms with Crippen LogP contribution in [-0.4, -0.2) is 7.25 Å². The van der Waals surface area contributed by atoms with E-state index in [1.165, 1.54) is 33.4 Å². The average Bonchev–Trinajstić information content (AvgIpc) is 2.93. The van der Waals surface area contributed by atoms with Gasteiger partial charge in [0.25, 0.3) is 0 Å². The number of aromatic nitrogens is 1. The molecule has 192 valence electrons. The number of benzene rings is 4. The molecule has 38 heavy (non-hydrogen) atoms. The number of hydrogen-bond donors (Lipinski definition) is 1. The molecule has 0 spiro atoms. The van der Waals surface area contributed by atoms with Crippen LogP contribution in [0.1, 0.15) is 11.1 Å². The van der Waals surface area contributed by atoms with E-state index in [-0.39, 0.29) is 0 Å². The van der Waals surface area contributed by atoms with Crippen LogP contribution in [0.15, 0.2) is 127 Å². The summed E-state index contributed by atoms with van der Waals surface area (Å²) in [4.78, 5) is 0. The summed E-state index contributed by atoms with van der Waals surface area (Å²) >= 11 is 0. The molecule has 7 heteroatoms. The van der Waals surface area contributed by atoms with Crippen LogP contribution in [0.4, 0.5) is 17.3 Å². The highest BCUT2D eigenvalue weighted by Gasteiger charge is 2.23. The lowest BCUT2D eigenvalue weighted by molar-refractivity contribution is -0.629. The van der Waals surface area contributed by atoms with Crippen LogP contribution in [0.25, 0.3) is 33.6 Å². The van der Waals surface area contributed by atoms with Crippen molar-refractivity contribution < 1.29 is 21.9 Å². The van der Waals surface area contributed by atoms with Crippen molar-refractivity contribution in [3.63, 3.8) is 0 Å². The third-order valence-corrected chi connectivity index (χ3v) is 5.87. The summed E-state index contributed by atoms with van der Waals surface area (Å²) in [6.07, 6.45) is 0. The standard InChI is InChI=1S/C31H27N2.BF4/c1-24-17-19-25(20-18-24)23-32-33-30(27-13-7-3-8-14-27)21-29(26-11-5-2-6-12-26)22-31(33)28-15-9-4-10-16-28;2-1(3,4)5/h2-22,32H,23H2,1H3;/q+1;-1. The smallest absolute Gasteiger partial charge is 0.418 e. The zero-order valence-electron chi connectivity index (χ0n) is 20.9. The van der Waals surface area contributed by atoms with Gasteiger partial charge in [-0.15, -0.1) is 0 Å². The van der Waals surface area contributed by atoms with Gasteiger partial charge in [0.15, 0.2) is 0 Å². The second-order valence-corrected chi connectivity index (χ2v) is 8.76. The van der Waals surface area contributed by atoms with Crippen molar-refractivity contribution in [3.05, 3.63) is 139 Å². The normalized spacial score (nSPS) is 10.9. The molecule has 1 heterocycles. The van der Waals surface area contributed by atoms with Gasteiger partial charge in [0.1, 0.15) is 0 Å². The molecule has 0 saturated carbocycles. The predicted octanol–water partition coefficient (Wildman–Crippen LogP) is 8.33. The molecule has 0 fully saturated rings. The van der Waals surface area contributed by atoms with Crippen molar-refractivity contribution in [2.24, 2.45) is 0 Å². The predicted molar refractivity (Wildman–Crippen MR) is 147 cm³/mol. The van der Waals surface area contributed by atoms with E-state index in [4.69, 9.17) is 0 Å². The van der Waals surface area contributed by atoms with Gasteiger partial charge in [-0.2, -0.15) is 5.43 Å². The molecule has 0 bridgehead atoms. The maximum atomic E-state index is 9.75. The Morgan fingerprint density at radius 1 is 0.553 bits per heavy atom. The number of nitrogens with one attached hydrogen (secondary N) is 1. The molecule has 0 radical (unpaired) electrons. The number of pyridine rings is 1. The van der Waals surface area contributed by atoms with E-state index in [2.05, 4.69) is 144 Å². The summed E-state index contributed by atoms with van der Waals surface area (Å²) in [6.45, 7) is 2.85. The topological polar surface area (TPSA) is 15.9 Å². The molecule has 2 nitrogen and oxygen atoms in total. The third-order valence-electron chi connectivity index (χ3n) is 5.87. The van der Waals surface area contributed by atoms with E-state index in [9.17, 15) is 17.3 Å². The van der Waals surface area contributed by atoms with Gasteiger partial charge in [-0.3, -0.25) is 0 Å². The van der Waals surface area contributed by atoms with Crippen LogP contribution in [0.5, 0.6) is 0 Å². The summed E-state index contributed by atoms with van der Waals surface area (Å²) in [7, 11) is -6.00. The van der Waals surface area contributed by atoms with Crippen molar-refractivity contribution in [3.8, 4) is 33.6 Å². The highest BCUT2D eigenvalue weighted by Crippen LogP contribution is 2.28. The lowest BCUT2D eigenvalue weighted by Gasteiger charge is -2.13. The van der Waals surface area contributed by atoms with Crippen LogP contribution >= 0.6 is 0 Å². The summed E-state index contributed by atoms with van der Waals surface area (Å²) in [5, 5.41) is 0. The van der Waals surface area contributed by atoms with Gasteiger partial charge < -0.3 is 17.3 Å². The van der Waals surface area contributed by atoms with Gasteiger partial charge >= 0.3 is 7.25 Å². The number of aryl methyl sites for hydroxylation is 1. The largest absolute Gasteiger partial charge is 0.673 e. The Morgan fingerprint density at radius 3 is 1.37 bits per heavy atom. The molecule has 0 atom stereocenters. The third kappa shape index (κ3) is 7.56. The number of hydrogen-bond acceptors (Lipinski definition) is 1. The molecule has 1 aromatic heterocycles. The number of halogens is 4. The van der Waals surface area contributed by atoms with E-state index >= 15 is 0 Å². The molecule has 1 N–H and O–H groups in total. The Balaban J connectivity index is 0.000000617. The van der Waals surface area contributed by atoms with Gasteiger partial charge in [-0.05, 0) is 47.9 Å². The molecule has 0 aliphatic heterocycles. The summed E-state index contributed by atoms with van der Waals surface area (Å²) in [5.41, 5.74) is 13.2. The molecular formula is C31H27BF4N2. The zero-order chi connectivity index (χ0) is 27.0. The molecular weight excluding hydrogens is 487 g/mol. The van der Waals surface area contributed by atoms with Crippen molar-refractivity contribution in [2.75, 3.05) is 5.43 Å². The molecule has 4 aromatic carbocycles. The molecule has 0 amide bonds. The molecule has 5 rings (SSSR count). The Morgan fingerprint density at radius 2 is 0.947 bits per heavy atom. The fourth-order valence-corrected chi connectivity index (χ4v) is 4.08. The van der Waals surface area contributed by atoms with Gasteiger partial charge in [-0.1, -0.05) is 101 Å². The van der Waals surface area contributed by atoms with E-state index < -0.39 is 7.25 Å². The minimum absolute atomic E-state index is 0.731. The summed E-state index contributed by atoms with van der Waals surface area (Å²) in [5.74, 6) is 0. The second-order valence-electron chi connectivity index (χ2n) is 8.76. The summed E-state index contributed by atoms with van der Waals surface area (Å²) in [6, 6.07) is 45.0. The monoisotopic (exact) mass is 514 g/mol. The zero-order valence-corrected chi connectivity index (χ0v) is 20.9. The average molecular weight is 514 g/mol. The maximum absolute atomic E-state index is 9.75. The molecule has 0 saturated heterocycles. The number of rotatable bonds is 6. The highest BCUT2D eigenvalue weighted by molar-refractivity contribution is 6.50. The Bertz CT molecular complexity index is 1370. The Kier molecular flexibility index (Phi) is 8.59. The lowest BCUT2D eigenvalue weighted by atomic mass is 9.99. The second kappa shape index (κ2) is 12.2. The van der Waals surface area contributed by atoms with Crippen molar-refractivity contribution in [2.45, 2.75) is 13.5 Å². The highest BCUT2D eigenvalue weighted by atomic mass is 19.5. The first-order valence-corrected chi connectivity index (χ1v) is 12.2. The summed E-state index contributed by atoms with van der Waals surface area (Å²) < 4.78 is 41.2. The first kappa shape index (κ1) is 26.7. The molecule has 0 aliphatic rings. The van der Waals surface area contributed by atoms with Crippen molar-refractivity contribution in [1.29, 1.82) is 0 Å².